The molecule has 33 heavy (non-hydrogen) atoms. The molecule has 0 saturated heterocycles. The first-order valence-corrected chi connectivity index (χ1v) is 14.7. The van der Waals surface area contributed by atoms with Crippen LogP contribution in [0.4, 0.5) is 0 Å². The predicted molar refractivity (Wildman–Crippen MR) is 128 cm³/mol. The first-order chi connectivity index (χ1) is 15.3. The molecule has 4 rings (SSSR count). The van der Waals surface area contributed by atoms with E-state index in [9.17, 15) is 18.6 Å². The second-order valence-corrected chi connectivity index (χ2v) is 13.7. The largest absolute Gasteiger partial charge is 0.397 e. The summed E-state index contributed by atoms with van der Waals surface area (Å²) in [7, 11) is -4.44. The molecule has 0 amide bonds. The van der Waals surface area contributed by atoms with E-state index in [1.807, 2.05) is 0 Å². The molecule has 192 valence electrons. The van der Waals surface area contributed by atoms with Gasteiger partial charge in [0.15, 0.2) is 0 Å². The highest BCUT2D eigenvalue weighted by Gasteiger charge is 2.64. The molecule has 0 aromatic rings. The van der Waals surface area contributed by atoms with Gasteiger partial charge < -0.3 is 10.2 Å². The van der Waals surface area contributed by atoms with E-state index in [4.69, 9.17) is 8.74 Å². The second kappa shape index (κ2) is 9.02. The van der Waals surface area contributed by atoms with Gasteiger partial charge in [0.2, 0.25) is 0 Å². The molecule has 0 aliphatic heterocycles. The van der Waals surface area contributed by atoms with Crippen LogP contribution in [0, 0.1) is 52.3 Å². The summed E-state index contributed by atoms with van der Waals surface area (Å²) in [4.78, 5) is 0. The Hall–Kier alpha value is -0.210. The summed E-state index contributed by atoms with van der Waals surface area (Å²) in [5, 5.41) is 22.2. The van der Waals surface area contributed by atoms with Crippen LogP contribution in [0.1, 0.15) is 92.4 Å². The fraction of sp³-hybridized carbons (Fsp3) is 1.00. The van der Waals surface area contributed by atoms with Crippen molar-refractivity contribution < 1.29 is 27.4 Å². The second-order valence-electron chi connectivity index (χ2n) is 12.7. The van der Waals surface area contributed by atoms with Crippen molar-refractivity contribution in [1.82, 2.24) is 0 Å². The fourth-order valence-corrected chi connectivity index (χ4v) is 10.4. The summed E-state index contributed by atoms with van der Waals surface area (Å²) in [6, 6.07) is 0. The highest BCUT2D eigenvalue weighted by molar-refractivity contribution is 7.80. The maximum atomic E-state index is 11.8. The Bertz CT molecular complexity index is 816. The first kappa shape index (κ1) is 25.9. The molecule has 4 unspecified atom stereocenters. The van der Waals surface area contributed by atoms with Gasteiger partial charge in [0.05, 0.1) is 18.3 Å². The van der Waals surface area contributed by atoms with Gasteiger partial charge in [-0.15, -0.1) is 0 Å². The number of hydrogen-bond donors (Lipinski definition) is 3. The normalized spacial score (nSPS) is 49.6. The van der Waals surface area contributed by atoms with Crippen molar-refractivity contribution in [3.63, 3.8) is 0 Å². The Morgan fingerprint density at radius 1 is 0.970 bits per heavy atom. The zero-order chi connectivity index (χ0) is 24.3. The van der Waals surface area contributed by atoms with Gasteiger partial charge in [0.1, 0.15) is 0 Å². The molecule has 0 heterocycles. The molecule has 0 aromatic heterocycles. The van der Waals surface area contributed by atoms with Crippen LogP contribution in [-0.4, -0.2) is 41.5 Å². The monoisotopic (exact) mass is 486 g/mol. The molecule has 4 aliphatic carbocycles. The lowest BCUT2D eigenvalue weighted by atomic mass is 9.41. The van der Waals surface area contributed by atoms with Crippen molar-refractivity contribution >= 4 is 10.4 Å². The average Bonchev–Trinajstić information content (AvgIpc) is 3.05. The molecule has 4 aliphatic rings. The van der Waals surface area contributed by atoms with Crippen molar-refractivity contribution in [3.05, 3.63) is 0 Å². The van der Waals surface area contributed by atoms with E-state index >= 15 is 0 Å². The Morgan fingerprint density at radius 2 is 1.61 bits per heavy atom. The quantitative estimate of drug-likeness (QED) is 0.464. The molecule has 4 fully saturated rings. The minimum absolute atomic E-state index is 0.134. The lowest BCUT2D eigenvalue weighted by molar-refractivity contribution is -0.203. The van der Waals surface area contributed by atoms with Crippen molar-refractivity contribution in [3.8, 4) is 0 Å². The summed E-state index contributed by atoms with van der Waals surface area (Å²) in [5.41, 5.74) is 0.335. The molecule has 3 N–H and O–H groups in total. The van der Waals surface area contributed by atoms with Gasteiger partial charge in [-0.2, -0.15) is 8.42 Å². The molecular weight excluding hydrogens is 440 g/mol. The van der Waals surface area contributed by atoms with Crippen LogP contribution >= 0.6 is 0 Å². The molecule has 6 nitrogen and oxygen atoms in total. The molecule has 7 heteroatoms. The summed E-state index contributed by atoms with van der Waals surface area (Å²) >= 11 is 0. The van der Waals surface area contributed by atoms with Crippen LogP contribution in [0.15, 0.2) is 0 Å². The smallest absolute Gasteiger partial charge is 0.393 e. The fourth-order valence-electron chi connectivity index (χ4n) is 9.87. The van der Waals surface area contributed by atoms with E-state index in [2.05, 4.69) is 27.7 Å². The van der Waals surface area contributed by atoms with Crippen LogP contribution in [-0.2, 0) is 14.6 Å². The molecule has 0 bridgehead atoms. The number of aliphatic hydroxyl groups excluding tert-OH is 2. The molecule has 4 saturated carbocycles. The van der Waals surface area contributed by atoms with E-state index in [1.165, 1.54) is 0 Å². The predicted octanol–water partition coefficient (Wildman–Crippen LogP) is 4.85. The average molecular weight is 487 g/mol. The van der Waals surface area contributed by atoms with Gasteiger partial charge in [0, 0.05) is 0 Å². The number of fused-ring (bicyclic) bond motifs is 5. The highest BCUT2D eigenvalue weighted by Crippen LogP contribution is 2.69. The minimum atomic E-state index is -4.44. The van der Waals surface area contributed by atoms with Crippen molar-refractivity contribution in [1.29, 1.82) is 0 Å². The van der Waals surface area contributed by atoms with Gasteiger partial charge in [-0.25, -0.2) is 4.18 Å². The third kappa shape index (κ3) is 4.43. The number of aliphatic hydroxyl groups is 2. The van der Waals surface area contributed by atoms with Gasteiger partial charge in [-0.1, -0.05) is 34.1 Å². The van der Waals surface area contributed by atoms with E-state index in [0.29, 0.717) is 36.0 Å². The van der Waals surface area contributed by atoms with Gasteiger partial charge >= 0.3 is 10.4 Å². The molecular formula is C26H46O6S. The van der Waals surface area contributed by atoms with Gasteiger partial charge in [-0.05, 0) is 111 Å². The molecule has 0 aromatic carbocycles. The standard InChI is InChI=1S/C26H46O6S/c1-6-18-22-14-17(27)9-11-26(22,5)21-10-12-25(4)19(7-8-20(25)23(21)24(18)28)15(2)13-16(3)32-33(29,30)31/h15-24,27-28H,6-14H2,1-5H3,(H,29,30,31)/t15-,16+,17-,18-,19-,20?,21?,22+,23?,24?,25-,26-/m1/s1. The summed E-state index contributed by atoms with van der Waals surface area (Å²) in [6.45, 7) is 11.0. The zero-order valence-corrected chi connectivity index (χ0v) is 21.9. The van der Waals surface area contributed by atoms with Crippen LogP contribution < -0.4 is 0 Å². The van der Waals surface area contributed by atoms with Crippen LogP contribution in [0.2, 0.25) is 0 Å². The van der Waals surface area contributed by atoms with E-state index in [0.717, 1.165) is 51.4 Å². The van der Waals surface area contributed by atoms with Crippen molar-refractivity contribution in [2.45, 2.75) is 111 Å². The lowest BCUT2D eigenvalue weighted by Crippen LogP contribution is -2.62. The topological polar surface area (TPSA) is 104 Å². The number of hydrogen-bond acceptors (Lipinski definition) is 5. The van der Waals surface area contributed by atoms with E-state index in [1.54, 1.807) is 6.92 Å². The highest BCUT2D eigenvalue weighted by atomic mass is 32.3. The van der Waals surface area contributed by atoms with Crippen LogP contribution in [0.5, 0.6) is 0 Å². The Labute approximate surface area is 200 Å². The zero-order valence-electron chi connectivity index (χ0n) is 21.1. The molecule has 0 spiro atoms. The maximum Gasteiger partial charge on any atom is 0.397 e. The lowest BCUT2D eigenvalue weighted by Gasteiger charge is -2.64. The summed E-state index contributed by atoms with van der Waals surface area (Å²) in [6.07, 6.45) is 7.78. The van der Waals surface area contributed by atoms with Crippen molar-refractivity contribution in [2.24, 2.45) is 52.3 Å². The van der Waals surface area contributed by atoms with E-state index in [-0.39, 0.29) is 34.9 Å². The number of rotatable bonds is 6. The van der Waals surface area contributed by atoms with Crippen LogP contribution in [0.3, 0.4) is 0 Å². The van der Waals surface area contributed by atoms with Gasteiger partial charge in [0.25, 0.3) is 0 Å². The summed E-state index contributed by atoms with van der Waals surface area (Å²) in [5.74, 6) is 2.71. The first-order valence-electron chi connectivity index (χ1n) is 13.3. The SMILES string of the molecule is CC[C@H]1C(O)C2C3CC[C@H]([C@H](C)C[C@H](C)OS(=O)(=O)O)[C@@]3(C)CCC2[C@@]2(C)CC[C@@H](O)C[C@@H]12. The minimum Gasteiger partial charge on any atom is -0.393 e. The maximum absolute atomic E-state index is 11.8. The summed E-state index contributed by atoms with van der Waals surface area (Å²) < 4.78 is 36.2. The van der Waals surface area contributed by atoms with Crippen LogP contribution in [0.25, 0.3) is 0 Å². The van der Waals surface area contributed by atoms with Crippen molar-refractivity contribution in [2.75, 3.05) is 0 Å². The van der Waals surface area contributed by atoms with Gasteiger partial charge in [-0.3, -0.25) is 4.55 Å². The third-order valence-corrected chi connectivity index (χ3v) is 11.7. The Morgan fingerprint density at radius 3 is 2.24 bits per heavy atom. The Kier molecular flexibility index (Phi) is 7.07. The molecule has 0 radical (unpaired) electrons. The molecule has 12 atom stereocenters. The third-order valence-electron chi connectivity index (χ3n) is 11.1. The Balaban J connectivity index is 1.57. The van der Waals surface area contributed by atoms with E-state index < -0.39 is 16.5 Å².